The topological polar surface area (TPSA) is 102 Å². The van der Waals surface area contributed by atoms with E-state index in [9.17, 15) is 14.7 Å². The number of phenols is 1. The monoisotopic (exact) mass is 400 g/mol. The largest absolute Gasteiger partial charge is 0.504 e. The van der Waals surface area contributed by atoms with Crippen LogP contribution in [0, 0.1) is 0 Å². The molecule has 0 aliphatic rings. The molecule has 3 aromatic rings. The van der Waals surface area contributed by atoms with Gasteiger partial charge in [-0.05, 0) is 48.9 Å². The number of aromatic amines is 1. The normalized spacial score (nSPS) is 11.5. The molecular formula is C20H17ClN2O5. The summed E-state index contributed by atoms with van der Waals surface area (Å²) in [4.78, 5) is 31.0. The molecule has 3 rings (SSSR count). The lowest BCUT2D eigenvalue weighted by Crippen LogP contribution is -2.11. The summed E-state index contributed by atoms with van der Waals surface area (Å²) in [6.45, 7) is 2.21. The van der Waals surface area contributed by atoms with Crippen molar-refractivity contribution in [3.63, 3.8) is 0 Å². The molecule has 0 aliphatic carbocycles. The molecular weight excluding hydrogens is 384 g/mol. The lowest BCUT2D eigenvalue weighted by molar-refractivity contribution is 0.0601. The maximum Gasteiger partial charge on any atom is 0.337 e. The van der Waals surface area contributed by atoms with Crippen LogP contribution in [0.3, 0.4) is 0 Å². The molecule has 0 bridgehead atoms. The van der Waals surface area contributed by atoms with Crippen molar-refractivity contribution in [2.75, 3.05) is 13.7 Å². The zero-order valence-electron chi connectivity index (χ0n) is 15.2. The predicted molar refractivity (Wildman–Crippen MR) is 107 cm³/mol. The molecule has 8 heteroatoms. The van der Waals surface area contributed by atoms with Crippen LogP contribution in [-0.4, -0.2) is 34.8 Å². The zero-order chi connectivity index (χ0) is 20.3. The van der Waals surface area contributed by atoms with E-state index in [1.165, 1.54) is 31.4 Å². The Hall–Kier alpha value is -3.32. The average molecular weight is 401 g/mol. The molecule has 0 unspecified atom stereocenters. The van der Waals surface area contributed by atoms with Gasteiger partial charge in [-0.15, -0.1) is 0 Å². The molecule has 0 saturated heterocycles. The second kappa shape index (κ2) is 8.14. The molecule has 0 amide bonds. The molecule has 0 aliphatic heterocycles. The fraction of sp³-hybridized carbons (Fsp3) is 0.150. The molecule has 144 valence electrons. The van der Waals surface area contributed by atoms with Crippen molar-refractivity contribution < 1.29 is 19.4 Å². The summed E-state index contributed by atoms with van der Waals surface area (Å²) in [6.07, 6.45) is 1.58. The van der Waals surface area contributed by atoms with Crippen molar-refractivity contribution >= 4 is 39.6 Å². The molecule has 0 fully saturated rings. The van der Waals surface area contributed by atoms with Gasteiger partial charge in [0.15, 0.2) is 17.3 Å². The highest BCUT2D eigenvalue weighted by atomic mass is 35.5. The maximum atomic E-state index is 12.3. The highest BCUT2D eigenvalue weighted by Gasteiger charge is 2.11. The summed E-state index contributed by atoms with van der Waals surface area (Å²) in [5.41, 5.74) is 0.855. The highest BCUT2D eigenvalue weighted by Crippen LogP contribution is 2.29. The molecule has 1 heterocycles. The van der Waals surface area contributed by atoms with Gasteiger partial charge in [0.1, 0.15) is 0 Å². The van der Waals surface area contributed by atoms with Crippen LogP contribution in [-0.2, 0) is 4.74 Å². The zero-order valence-corrected chi connectivity index (χ0v) is 15.9. The molecule has 7 nitrogen and oxygen atoms in total. The number of nitrogens with one attached hydrogen (secondary N) is 1. The number of fused-ring (bicyclic) bond motifs is 1. The summed E-state index contributed by atoms with van der Waals surface area (Å²) < 4.78 is 10.0. The summed E-state index contributed by atoms with van der Waals surface area (Å²) in [7, 11) is 1.27. The van der Waals surface area contributed by atoms with E-state index in [4.69, 9.17) is 21.1 Å². The van der Waals surface area contributed by atoms with Gasteiger partial charge in [0.05, 0.1) is 35.2 Å². The molecule has 0 atom stereocenters. The number of hydrogen-bond donors (Lipinski definition) is 2. The van der Waals surface area contributed by atoms with Crippen molar-refractivity contribution in [1.82, 2.24) is 9.97 Å². The quantitative estimate of drug-likeness (QED) is 0.635. The Kier molecular flexibility index (Phi) is 5.65. The number of hydrogen-bond acceptors (Lipinski definition) is 6. The Labute approximate surface area is 165 Å². The number of phenolic OH excluding ortho intramolecular Hbond substituents is 1. The number of carbonyl (C=O) groups is 1. The molecule has 28 heavy (non-hydrogen) atoms. The van der Waals surface area contributed by atoms with Gasteiger partial charge in [-0.3, -0.25) is 4.79 Å². The van der Waals surface area contributed by atoms with E-state index in [1.54, 1.807) is 25.1 Å². The number of ether oxygens (including phenoxy) is 2. The van der Waals surface area contributed by atoms with Crippen LogP contribution in [0.25, 0.3) is 22.0 Å². The van der Waals surface area contributed by atoms with E-state index in [-0.39, 0.29) is 27.7 Å². The first-order chi connectivity index (χ1) is 13.4. The molecule has 0 spiro atoms. The number of benzene rings is 2. The first-order valence-electron chi connectivity index (χ1n) is 8.38. The Morgan fingerprint density at radius 1 is 1.29 bits per heavy atom. The summed E-state index contributed by atoms with van der Waals surface area (Å²) in [6, 6.07) is 9.22. The second-order valence-corrected chi connectivity index (χ2v) is 6.20. The third-order valence-electron chi connectivity index (χ3n) is 3.93. The van der Waals surface area contributed by atoms with Crippen LogP contribution in [0.5, 0.6) is 11.5 Å². The Morgan fingerprint density at radius 2 is 2.07 bits per heavy atom. The van der Waals surface area contributed by atoms with Crippen molar-refractivity contribution in [1.29, 1.82) is 0 Å². The van der Waals surface area contributed by atoms with Crippen LogP contribution in [0.2, 0.25) is 0 Å². The van der Waals surface area contributed by atoms with Gasteiger partial charge in [0, 0.05) is 0 Å². The molecule has 1 aromatic heterocycles. The fourth-order valence-electron chi connectivity index (χ4n) is 2.60. The van der Waals surface area contributed by atoms with Crippen molar-refractivity contribution in [2.45, 2.75) is 6.92 Å². The van der Waals surface area contributed by atoms with Gasteiger partial charge in [0.2, 0.25) is 0 Å². The lowest BCUT2D eigenvalue weighted by atomic mass is 10.1. The van der Waals surface area contributed by atoms with Crippen LogP contribution in [0.15, 0.2) is 41.2 Å². The van der Waals surface area contributed by atoms with Gasteiger partial charge in [-0.25, -0.2) is 9.78 Å². The highest BCUT2D eigenvalue weighted by molar-refractivity contribution is 6.50. The minimum absolute atomic E-state index is 0.0164. The number of esters is 1. The number of nitrogens with zero attached hydrogens (tertiary/aromatic N) is 1. The van der Waals surface area contributed by atoms with Crippen LogP contribution in [0.4, 0.5) is 0 Å². The van der Waals surface area contributed by atoms with E-state index >= 15 is 0 Å². The Bertz CT molecular complexity index is 1140. The molecule has 0 radical (unpaired) electrons. The van der Waals surface area contributed by atoms with E-state index in [2.05, 4.69) is 9.97 Å². The SMILES string of the molecule is CCOc1cc(/C=C(\Cl)c2nc3cc(C(=O)OC)ccc3c(=O)[nH]2)ccc1O. The van der Waals surface area contributed by atoms with Crippen LogP contribution in [0.1, 0.15) is 28.7 Å². The van der Waals surface area contributed by atoms with Crippen molar-refractivity contribution in [2.24, 2.45) is 0 Å². The van der Waals surface area contributed by atoms with Crippen LogP contribution < -0.4 is 10.3 Å². The third kappa shape index (κ3) is 3.99. The van der Waals surface area contributed by atoms with Crippen molar-refractivity contribution in [3.8, 4) is 11.5 Å². The number of rotatable bonds is 5. The first kappa shape index (κ1) is 19.4. The number of carbonyl (C=O) groups excluding carboxylic acids is 1. The Morgan fingerprint density at radius 3 is 2.79 bits per heavy atom. The number of aromatic hydroxyl groups is 1. The number of halogens is 1. The summed E-state index contributed by atoms with van der Waals surface area (Å²) in [5.74, 6) is -0.0435. The van der Waals surface area contributed by atoms with Gasteiger partial charge >= 0.3 is 5.97 Å². The number of aromatic nitrogens is 2. The predicted octanol–water partition coefficient (Wildman–Crippen LogP) is 3.55. The van der Waals surface area contributed by atoms with Crippen molar-refractivity contribution in [3.05, 3.63) is 63.7 Å². The summed E-state index contributed by atoms with van der Waals surface area (Å²) in [5, 5.41) is 10.3. The number of methoxy groups -OCH3 is 1. The lowest BCUT2D eigenvalue weighted by Gasteiger charge is -2.07. The summed E-state index contributed by atoms with van der Waals surface area (Å²) >= 11 is 6.35. The van der Waals surface area contributed by atoms with Crippen LogP contribution >= 0.6 is 11.6 Å². The number of H-pyrrole nitrogens is 1. The van der Waals surface area contributed by atoms with E-state index in [0.717, 1.165) is 0 Å². The minimum atomic E-state index is -0.528. The average Bonchev–Trinajstić information content (AvgIpc) is 2.69. The second-order valence-electron chi connectivity index (χ2n) is 5.79. The van der Waals surface area contributed by atoms with Gasteiger partial charge in [0.25, 0.3) is 5.56 Å². The van der Waals surface area contributed by atoms with Gasteiger partial charge in [-0.1, -0.05) is 17.7 Å². The molecule has 2 aromatic carbocycles. The maximum absolute atomic E-state index is 12.3. The van der Waals surface area contributed by atoms with E-state index < -0.39 is 5.97 Å². The fourth-order valence-corrected chi connectivity index (χ4v) is 2.82. The van der Waals surface area contributed by atoms with E-state index in [0.29, 0.717) is 28.8 Å². The smallest absolute Gasteiger partial charge is 0.337 e. The van der Waals surface area contributed by atoms with E-state index in [1.807, 2.05) is 0 Å². The standard InChI is InChI=1S/C20H17ClN2O5/c1-3-28-17-9-11(4-7-16(17)24)8-14(21)18-22-15-10-12(20(26)27-2)5-6-13(15)19(25)23-18/h4-10,24H,3H2,1-2H3,(H,22,23,25)/b14-8-. The first-order valence-corrected chi connectivity index (χ1v) is 8.76. The van der Waals surface area contributed by atoms with Gasteiger partial charge < -0.3 is 19.6 Å². The molecule has 0 saturated carbocycles. The third-order valence-corrected chi connectivity index (χ3v) is 4.22. The molecule has 2 N–H and O–H groups in total. The Balaban J connectivity index is 2.04. The van der Waals surface area contributed by atoms with Gasteiger partial charge in [-0.2, -0.15) is 0 Å². The minimum Gasteiger partial charge on any atom is -0.504 e.